The van der Waals surface area contributed by atoms with Crippen LogP contribution < -0.4 is 5.73 Å². The highest BCUT2D eigenvalue weighted by molar-refractivity contribution is 7.13. The molecule has 1 saturated heterocycles. The largest absolute Gasteiger partial charge is 0.365 e. The summed E-state index contributed by atoms with van der Waals surface area (Å²) in [6, 6.07) is 1.60. The van der Waals surface area contributed by atoms with Gasteiger partial charge in [-0.3, -0.25) is 14.3 Å². The van der Waals surface area contributed by atoms with Crippen molar-refractivity contribution in [3.8, 4) is 0 Å². The molecule has 0 aromatic carbocycles. The Bertz CT molecular complexity index is 692. The summed E-state index contributed by atoms with van der Waals surface area (Å²) in [5.74, 6) is -0.590. The smallest absolute Gasteiger partial charge is 0.274 e. The van der Waals surface area contributed by atoms with Crippen LogP contribution in [0.15, 0.2) is 18.5 Å². The van der Waals surface area contributed by atoms with Crippen molar-refractivity contribution in [1.29, 1.82) is 0 Å². The lowest BCUT2D eigenvalue weighted by Gasteiger charge is -2.22. The van der Waals surface area contributed by atoms with Gasteiger partial charge in [-0.2, -0.15) is 5.10 Å². The first-order chi connectivity index (χ1) is 10.1. The Kier molecular flexibility index (Phi) is 3.46. The van der Waals surface area contributed by atoms with Crippen LogP contribution in [0.3, 0.4) is 0 Å². The molecule has 0 aliphatic carbocycles. The summed E-state index contributed by atoms with van der Waals surface area (Å²) in [4.78, 5) is 30.1. The van der Waals surface area contributed by atoms with Crippen LogP contribution in [0, 0.1) is 0 Å². The van der Waals surface area contributed by atoms with Crippen LogP contribution in [-0.4, -0.2) is 38.0 Å². The third-order valence-electron chi connectivity index (χ3n) is 3.50. The van der Waals surface area contributed by atoms with Gasteiger partial charge in [-0.05, 0) is 18.9 Å². The zero-order valence-corrected chi connectivity index (χ0v) is 12.3. The Labute approximate surface area is 125 Å². The number of nitrogens with zero attached hydrogens (tertiary/aromatic N) is 4. The molecular weight excluding hydrogens is 290 g/mol. The van der Waals surface area contributed by atoms with Crippen molar-refractivity contribution >= 4 is 23.2 Å². The molecule has 0 spiro atoms. The number of carbonyl (C=O) groups is 2. The summed E-state index contributed by atoms with van der Waals surface area (Å²) in [5.41, 5.74) is 5.68. The quantitative estimate of drug-likeness (QED) is 0.913. The third-order valence-corrected chi connectivity index (χ3v) is 4.61. The van der Waals surface area contributed by atoms with E-state index < -0.39 is 5.91 Å². The second-order valence-corrected chi connectivity index (χ2v) is 6.02. The molecule has 0 saturated carbocycles. The monoisotopic (exact) mass is 305 g/mol. The molecule has 7 nitrogen and oxygen atoms in total. The van der Waals surface area contributed by atoms with Gasteiger partial charge < -0.3 is 10.6 Å². The maximum absolute atomic E-state index is 12.5. The van der Waals surface area contributed by atoms with E-state index in [0.29, 0.717) is 17.1 Å². The van der Waals surface area contributed by atoms with Crippen molar-refractivity contribution < 1.29 is 9.59 Å². The van der Waals surface area contributed by atoms with Crippen LogP contribution in [0.2, 0.25) is 0 Å². The van der Waals surface area contributed by atoms with Gasteiger partial charge in [0.1, 0.15) is 15.6 Å². The molecule has 3 rings (SSSR count). The van der Waals surface area contributed by atoms with Crippen LogP contribution in [0.1, 0.15) is 44.1 Å². The number of carbonyl (C=O) groups excluding carboxylic acids is 2. The minimum Gasteiger partial charge on any atom is -0.365 e. The van der Waals surface area contributed by atoms with Crippen molar-refractivity contribution in [2.75, 3.05) is 6.54 Å². The first kappa shape index (κ1) is 13.7. The topological polar surface area (TPSA) is 94.1 Å². The number of hydrogen-bond acceptors (Lipinski definition) is 5. The highest BCUT2D eigenvalue weighted by Gasteiger charge is 2.33. The molecule has 21 heavy (non-hydrogen) atoms. The van der Waals surface area contributed by atoms with E-state index in [2.05, 4.69) is 10.1 Å². The second-order valence-electron chi connectivity index (χ2n) is 4.96. The van der Waals surface area contributed by atoms with E-state index in [9.17, 15) is 9.59 Å². The molecule has 1 fully saturated rings. The second kappa shape index (κ2) is 5.28. The number of thiazole rings is 1. The van der Waals surface area contributed by atoms with Crippen LogP contribution in [-0.2, 0) is 7.05 Å². The lowest BCUT2D eigenvalue weighted by molar-refractivity contribution is 0.0728. The zero-order chi connectivity index (χ0) is 15.0. The average Bonchev–Trinajstić information content (AvgIpc) is 3.17. The molecule has 0 radical (unpaired) electrons. The molecule has 1 aliphatic rings. The Morgan fingerprint density at radius 2 is 2.29 bits per heavy atom. The van der Waals surface area contributed by atoms with Gasteiger partial charge in [-0.1, -0.05) is 0 Å². The Morgan fingerprint density at radius 3 is 2.90 bits per heavy atom. The molecule has 1 atom stereocenters. The molecule has 2 aromatic heterocycles. The molecule has 0 unspecified atom stereocenters. The molecular formula is C13H15N5O2S. The molecule has 0 bridgehead atoms. The van der Waals surface area contributed by atoms with E-state index in [4.69, 9.17) is 5.73 Å². The molecule has 2 aromatic rings. The van der Waals surface area contributed by atoms with E-state index in [1.54, 1.807) is 28.9 Å². The molecule has 2 N–H and O–H groups in total. The van der Waals surface area contributed by atoms with Crippen molar-refractivity contribution in [3.05, 3.63) is 34.0 Å². The highest BCUT2D eigenvalue weighted by Crippen LogP contribution is 2.35. The fourth-order valence-corrected chi connectivity index (χ4v) is 3.42. The van der Waals surface area contributed by atoms with Gasteiger partial charge in [-0.15, -0.1) is 11.3 Å². The molecule has 110 valence electrons. The summed E-state index contributed by atoms with van der Waals surface area (Å²) in [7, 11) is 1.78. The predicted octanol–water partition coefficient (Wildman–Crippen LogP) is 0.953. The van der Waals surface area contributed by atoms with Crippen LogP contribution >= 0.6 is 11.3 Å². The van der Waals surface area contributed by atoms with Gasteiger partial charge in [0.25, 0.3) is 11.8 Å². The van der Waals surface area contributed by atoms with Crippen LogP contribution in [0.25, 0.3) is 0 Å². The summed E-state index contributed by atoms with van der Waals surface area (Å²) in [6.45, 7) is 0.672. The summed E-state index contributed by atoms with van der Waals surface area (Å²) in [5, 5.41) is 4.91. The standard InChI is InChI=1S/C13H15N5O2S/c1-17-6-4-8(16-17)13(20)18-5-2-3-9(18)12-15-7-10(21-12)11(14)19/h4,6-7,9H,2-3,5H2,1H3,(H2,14,19)/t9-/m1/s1. The van der Waals surface area contributed by atoms with Gasteiger partial charge in [0.15, 0.2) is 0 Å². The fraction of sp³-hybridized carbons (Fsp3) is 0.385. The van der Waals surface area contributed by atoms with E-state index in [-0.39, 0.29) is 11.9 Å². The molecule has 1 aliphatic heterocycles. The number of rotatable bonds is 3. The maximum atomic E-state index is 12.5. The van der Waals surface area contributed by atoms with Crippen molar-refractivity contribution in [3.63, 3.8) is 0 Å². The minimum absolute atomic E-state index is 0.0994. The number of hydrogen-bond donors (Lipinski definition) is 1. The lowest BCUT2D eigenvalue weighted by atomic mass is 10.2. The van der Waals surface area contributed by atoms with E-state index >= 15 is 0 Å². The molecule has 8 heteroatoms. The number of aromatic nitrogens is 3. The number of primary amides is 1. The highest BCUT2D eigenvalue weighted by atomic mass is 32.1. The van der Waals surface area contributed by atoms with Gasteiger partial charge >= 0.3 is 0 Å². The van der Waals surface area contributed by atoms with E-state index in [1.807, 2.05) is 0 Å². The first-order valence-corrected chi connectivity index (χ1v) is 7.44. The van der Waals surface area contributed by atoms with Gasteiger partial charge in [0.2, 0.25) is 0 Å². The maximum Gasteiger partial charge on any atom is 0.274 e. The predicted molar refractivity (Wildman–Crippen MR) is 76.9 cm³/mol. The Hall–Kier alpha value is -2.22. The molecule has 2 amide bonds. The Balaban J connectivity index is 1.84. The minimum atomic E-state index is -0.487. The van der Waals surface area contributed by atoms with Crippen molar-refractivity contribution in [2.24, 2.45) is 12.8 Å². The van der Waals surface area contributed by atoms with Crippen molar-refractivity contribution in [2.45, 2.75) is 18.9 Å². The molecule has 3 heterocycles. The van der Waals surface area contributed by atoms with Crippen molar-refractivity contribution in [1.82, 2.24) is 19.7 Å². The number of nitrogens with two attached hydrogens (primary N) is 1. The van der Waals surface area contributed by atoms with Gasteiger partial charge in [-0.25, -0.2) is 4.98 Å². The summed E-state index contributed by atoms with van der Waals surface area (Å²) in [6.07, 6.45) is 4.97. The van der Waals surface area contributed by atoms with E-state index in [0.717, 1.165) is 17.8 Å². The zero-order valence-electron chi connectivity index (χ0n) is 11.5. The number of likely N-dealkylation sites (tertiary alicyclic amines) is 1. The van der Waals surface area contributed by atoms with E-state index in [1.165, 1.54) is 17.5 Å². The first-order valence-electron chi connectivity index (χ1n) is 6.62. The SMILES string of the molecule is Cn1ccc(C(=O)N2CCC[C@@H]2c2ncc(C(N)=O)s2)n1. The fourth-order valence-electron chi connectivity index (χ4n) is 2.50. The number of aryl methyl sites for hydroxylation is 1. The Morgan fingerprint density at radius 1 is 1.48 bits per heavy atom. The van der Waals surface area contributed by atoms with Gasteiger partial charge in [0, 0.05) is 19.8 Å². The normalized spacial score (nSPS) is 18.1. The third kappa shape index (κ3) is 2.54. The summed E-state index contributed by atoms with van der Waals surface area (Å²) >= 11 is 1.25. The lowest BCUT2D eigenvalue weighted by Crippen LogP contribution is -2.30. The van der Waals surface area contributed by atoms with Crippen LogP contribution in [0.4, 0.5) is 0 Å². The van der Waals surface area contributed by atoms with Crippen LogP contribution in [0.5, 0.6) is 0 Å². The van der Waals surface area contributed by atoms with Gasteiger partial charge in [0.05, 0.1) is 12.2 Å². The average molecular weight is 305 g/mol. The summed E-state index contributed by atoms with van der Waals surface area (Å²) < 4.78 is 1.60. The number of amides is 2.